The summed E-state index contributed by atoms with van der Waals surface area (Å²) in [5.41, 5.74) is 5.21. The topological polar surface area (TPSA) is 84.2 Å². The number of carbonyl (C=O) groups excluding carboxylic acids is 2. The fourth-order valence-electron chi connectivity index (χ4n) is 1.73. The Morgan fingerprint density at radius 3 is 2.53 bits per heavy atom. The van der Waals surface area contributed by atoms with Gasteiger partial charge in [0.05, 0.1) is 6.04 Å². The molecule has 0 spiro atoms. The summed E-state index contributed by atoms with van der Waals surface area (Å²) < 4.78 is 0. The minimum Gasteiger partial charge on any atom is -0.368 e. The molecular weight excluding hydrogens is 194 g/mol. The van der Waals surface area contributed by atoms with Gasteiger partial charge in [0.25, 0.3) is 0 Å². The second kappa shape index (κ2) is 5.11. The summed E-state index contributed by atoms with van der Waals surface area (Å²) in [6.07, 6.45) is 1.83. The molecule has 86 valence electrons. The van der Waals surface area contributed by atoms with Crippen LogP contribution in [0.2, 0.25) is 0 Å². The van der Waals surface area contributed by atoms with Gasteiger partial charge in [-0.2, -0.15) is 0 Å². The van der Waals surface area contributed by atoms with Gasteiger partial charge in [-0.3, -0.25) is 9.59 Å². The van der Waals surface area contributed by atoms with E-state index in [0.717, 1.165) is 19.4 Å². The number of nitrogens with one attached hydrogen (secondary N) is 2. The number of carbonyl (C=O) groups is 2. The Hall–Kier alpha value is -1.10. The Morgan fingerprint density at radius 1 is 1.47 bits per heavy atom. The predicted octanol–water partition coefficient (Wildman–Crippen LogP) is -0.635. The highest BCUT2D eigenvalue weighted by Gasteiger charge is 2.27. The van der Waals surface area contributed by atoms with E-state index in [-0.39, 0.29) is 17.9 Å². The number of primary amides is 1. The van der Waals surface area contributed by atoms with Crippen LogP contribution in [0.15, 0.2) is 0 Å². The lowest BCUT2D eigenvalue weighted by molar-refractivity contribution is -0.129. The molecule has 1 fully saturated rings. The van der Waals surface area contributed by atoms with E-state index in [9.17, 15) is 9.59 Å². The maximum atomic E-state index is 11.7. The summed E-state index contributed by atoms with van der Waals surface area (Å²) in [7, 11) is 0. The molecule has 0 unspecified atom stereocenters. The molecular formula is C10H19N3O2. The molecule has 0 aromatic rings. The van der Waals surface area contributed by atoms with Crippen LogP contribution < -0.4 is 16.4 Å². The smallest absolute Gasteiger partial charge is 0.240 e. The van der Waals surface area contributed by atoms with Crippen molar-refractivity contribution in [2.75, 3.05) is 6.54 Å². The van der Waals surface area contributed by atoms with Crippen molar-refractivity contribution in [2.45, 2.75) is 38.8 Å². The van der Waals surface area contributed by atoms with E-state index < -0.39 is 11.9 Å². The second-order valence-electron chi connectivity index (χ2n) is 4.28. The molecule has 4 N–H and O–H groups in total. The van der Waals surface area contributed by atoms with Gasteiger partial charge in [-0.25, -0.2) is 0 Å². The second-order valence-corrected chi connectivity index (χ2v) is 4.28. The minimum atomic E-state index is -0.570. The monoisotopic (exact) mass is 213 g/mol. The molecule has 2 atom stereocenters. The molecule has 1 rings (SSSR count). The first-order valence-corrected chi connectivity index (χ1v) is 5.35. The molecule has 5 nitrogen and oxygen atoms in total. The Morgan fingerprint density at radius 2 is 2.13 bits per heavy atom. The third-order valence-electron chi connectivity index (χ3n) is 2.65. The molecule has 5 heteroatoms. The van der Waals surface area contributed by atoms with Crippen LogP contribution in [0, 0.1) is 5.92 Å². The zero-order valence-corrected chi connectivity index (χ0v) is 9.25. The summed E-state index contributed by atoms with van der Waals surface area (Å²) in [6, 6.07) is -0.731. The van der Waals surface area contributed by atoms with Crippen LogP contribution in [0.3, 0.4) is 0 Å². The first-order valence-electron chi connectivity index (χ1n) is 5.35. The Kier molecular flexibility index (Phi) is 4.08. The minimum absolute atomic E-state index is 0.0212. The number of hydrogen-bond donors (Lipinski definition) is 3. The molecule has 0 saturated carbocycles. The van der Waals surface area contributed by atoms with E-state index in [1.54, 1.807) is 0 Å². The van der Waals surface area contributed by atoms with Crippen LogP contribution in [-0.4, -0.2) is 30.4 Å². The third-order valence-corrected chi connectivity index (χ3v) is 2.65. The van der Waals surface area contributed by atoms with Gasteiger partial charge in [-0.05, 0) is 25.3 Å². The summed E-state index contributed by atoms with van der Waals surface area (Å²) in [5.74, 6) is -0.575. The van der Waals surface area contributed by atoms with Crippen molar-refractivity contribution >= 4 is 11.8 Å². The zero-order chi connectivity index (χ0) is 11.4. The summed E-state index contributed by atoms with van der Waals surface area (Å²) in [6.45, 7) is 4.58. The van der Waals surface area contributed by atoms with Crippen molar-refractivity contribution < 1.29 is 9.59 Å². The van der Waals surface area contributed by atoms with Crippen LogP contribution in [0.25, 0.3) is 0 Å². The molecule has 1 saturated heterocycles. The molecule has 1 heterocycles. The van der Waals surface area contributed by atoms with Gasteiger partial charge in [0, 0.05) is 0 Å². The van der Waals surface area contributed by atoms with Crippen LogP contribution in [0.1, 0.15) is 26.7 Å². The van der Waals surface area contributed by atoms with E-state index in [2.05, 4.69) is 10.6 Å². The van der Waals surface area contributed by atoms with Crippen LogP contribution >= 0.6 is 0 Å². The SMILES string of the molecule is CC(C)[C@H](NC(=O)[C@@H]1CCCN1)C(N)=O. The number of rotatable bonds is 4. The first-order chi connectivity index (χ1) is 7.02. The highest BCUT2D eigenvalue weighted by molar-refractivity contribution is 5.89. The molecule has 2 amide bonds. The van der Waals surface area contributed by atoms with Crippen LogP contribution in [-0.2, 0) is 9.59 Å². The Bertz CT molecular complexity index is 247. The van der Waals surface area contributed by atoms with E-state index in [1.807, 2.05) is 13.8 Å². The van der Waals surface area contributed by atoms with Crippen molar-refractivity contribution in [3.05, 3.63) is 0 Å². The molecule has 1 aliphatic heterocycles. The van der Waals surface area contributed by atoms with E-state index in [1.165, 1.54) is 0 Å². The average Bonchev–Trinajstić information content (AvgIpc) is 2.65. The lowest BCUT2D eigenvalue weighted by Gasteiger charge is -2.21. The van der Waals surface area contributed by atoms with Gasteiger partial charge in [0.2, 0.25) is 11.8 Å². The molecule has 1 aliphatic rings. The quantitative estimate of drug-likeness (QED) is 0.581. The van der Waals surface area contributed by atoms with Gasteiger partial charge in [0.1, 0.15) is 6.04 Å². The lowest BCUT2D eigenvalue weighted by atomic mass is 10.0. The fraction of sp³-hybridized carbons (Fsp3) is 0.800. The molecule has 0 bridgehead atoms. The largest absolute Gasteiger partial charge is 0.368 e. The number of amides is 2. The first kappa shape index (κ1) is 12.0. The summed E-state index contributed by atoms with van der Waals surface area (Å²) >= 11 is 0. The third kappa shape index (κ3) is 3.20. The highest BCUT2D eigenvalue weighted by atomic mass is 16.2. The van der Waals surface area contributed by atoms with Crippen molar-refractivity contribution in [3.63, 3.8) is 0 Å². The van der Waals surface area contributed by atoms with E-state index >= 15 is 0 Å². The summed E-state index contributed by atoms with van der Waals surface area (Å²) in [4.78, 5) is 22.8. The normalized spacial score (nSPS) is 22.7. The van der Waals surface area contributed by atoms with Crippen molar-refractivity contribution in [1.29, 1.82) is 0 Å². The van der Waals surface area contributed by atoms with Gasteiger partial charge >= 0.3 is 0 Å². The fourth-order valence-corrected chi connectivity index (χ4v) is 1.73. The van der Waals surface area contributed by atoms with Gasteiger partial charge in [-0.15, -0.1) is 0 Å². The molecule has 15 heavy (non-hydrogen) atoms. The molecule has 0 aromatic heterocycles. The van der Waals surface area contributed by atoms with Crippen molar-refractivity contribution in [2.24, 2.45) is 11.7 Å². The number of hydrogen-bond acceptors (Lipinski definition) is 3. The lowest BCUT2D eigenvalue weighted by Crippen LogP contribution is -2.52. The highest BCUT2D eigenvalue weighted by Crippen LogP contribution is 2.07. The summed E-state index contributed by atoms with van der Waals surface area (Å²) in [5, 5.41) is 5.76. The molecule has 0 radical (unpaired) electrons. The number of nitrogens with two attached hydrogens (primary N) is 1. The molecule has 0 aliphatic carbocycles. The average molecular weight is 213 g/mol. The van der Waals surface area contributed by atoms with E-state index in [4.69, 9.17) is 5.73 Å². The standard InChI is InChI=1S/C10H19N3O2/c1-6(2)8(9(11)14)13-10(15)7-4-3-5-12-7/h6-8,12H,3-5H2,1-2H3,(H2,11,14)(H,13,15)/t7-,8-/m0/s1. The maximum Gasteiger partial charge on any atom is 0.240 e. The van der Waals surface area contributed by atoms with Gasteiger partial charge < -0.3 is 16.4 Å². The zero-order valence-electron chi connectivity index (χ0n) is 9.25. The molecule has 0 aromatic carbocycles. The Balaban J connectivity index is 2.50. The van der Waals surface area contributed by atoms with Gasteiger partial charge in [0.15, 0.2) is 0 Å². The van der Waals surface area contributed by atoms with Crippen molar-refractivity contribution in [3.8, 4) is 0 Å². The van der Waals surface area contributed by atoms with Crippen LogP contribution in [0.5, 0.6) is 0 Å². The van der Waals surface area contributed by atoms with E-state index in [0.29, 0.717) is 0 Å². The van der Waals surface area contributed by atoms with Crippen molar-refractivity contribution in [1.82, 2.24) is 10.6 Å². The van der Waals surface area contributed by atoms with Gasteiger partial charge in [-0.1, -0.05) is 13.8 Å². The maximum absolute atomic E-state index is 11.7. The predicted molar refractivity (Wildman–Crippen MR) is 57.0 cm³/mol. The van der Waals surface area contributed by atoms with Crippen LogP contribution in [0.4, 0.5) is 0 Å². The Labute approximate surface area is 89.8 Å².